The molecule has 1 atom stereocenters. The molecule has 3 heterocycles. The second-order valence-electron chi connectivity index (χ2n) is 11.3. The standard InChI is InChI=1S/C32H35ClN6O2S/c1-21-7-6-8-22(2)29(21)27-17-28(36-31(35-27)37-42-26-18-34-38(3)20-26)41-25-13-16-39(19-25)30(40)32(14-4-5-15-32)23-9-11-24(33)12-10-23/h6-12,17-18,20,25H,4-5,13-16,19H2,1-3H3,(H,35,36,37). The van der Waals surface area contributed by atoms with E-state index in [9.17, 15) is 4.79 Å². The highest BCUT2D eigenvalue weighted by Gasteiger charge is 2.46. The molecule has 1 N–H and O–H groups in total. The molecule has 42 heavy (non-hydrogen) atoms. The number of rotatable bonds is 8. The van der Waals surface area contributed by atoms with Gasteiger partial charge in [0, 0.05) is 42.9 Å². The normalized spacial score (nSPS) is 17.9. The monoisotopic (exact) mass is 602 g/mol. The molecule has 218 valence electrons. The molecular weight excluding hydrogens is 568 g/mol. The van der Waals surface area contributed by atoms with Gasteiger partial charge < -0.3 is 9.64 Å². The zero-order valence-electron chi connectivity index (χ0n) is 24.1. The molecule has 2 aromatic heterocycles. The quantitative estimate of drug-likeness (QED) is 0.223. The number of nitrogens with zero attached hydrogens (tertiary/aromatic N) is 5. The predicted molar refractivity (Wildman–Crippen MR) is 167 cm³/mol. The summed E-state index contributed by atoms with van der Waals surface area (Å²) in [6.45, 7) is 5.37. The number of nitrogens with one attached hydrogen (secondary N) is 1. The number of benzene rings is 2. The summed E-state index contributed by atoms with van der Waals surface area (Å²) in [5.74, 6) is 1.14. The summed E-state index contributed by atoms with van der Waals surface area (Å²) in [7, 11) is 1.88. The van der Waals surface area contributed by atoms with Gasteiger partial charge in [-0.1, -0.05) is 54.8 Å². The molecule has 0 radical (unpaired) electrons. The van der Waals surface area contributed by atoms with Crippen LogP contribution in [0.5, 0.6) is 5.88 Å². The van der Waals surface area contributed by atoms with Gasteiger partial charge in [0.15, 0.2) is 0 Å². The van der Waals surface area contributed by atoms with Gasteiger partial charge in [-0.3, -0.25) is 14.2 Å². The molecule has 1 saturated heterocycles. The zero-order chi connectivity index (χ0) is 29.3. The van der Waals surface area contributed by atoms with E-state index in [4.69, 9.17) is 26.3 Å². The zero-order valence-corrected chi connectivity index (χ0v) is 25.7. The van der Waals surface area contributed by atoms with Crippen molar-refractivity contribution in [3.8, 4) is 17.1 Å². The fourth-order valence-corrected chi connectivity index (χ4v) is 7.02. The number of hydrogen-bond acceptors (Lipinski definition) is 7. The van der Waals surface area contributed by atoms with E-state index in [1.54, 1.807) is 10.9 Å². The van der Waals surface area contributed by atoms with Crippen LogP contribution in [0.25, 0.3) is 11.3 Å². The number of anilines is 1. The summed E-state index contributed by atoms with van der Waals surface area (Å²) in [5.41, 5.74) is 4.70. The van der Waals surface area contributed by atoms with Crippen LogP contribution in [0.3, 0.4) is 0 Å². The summed E-state index contributed by atoms with van der Waals surface area (Å²) in [6, 6.07) is 15.9. The van der Waals surface area contributed by atoms with Crippen molar-refractivity contribution in [1.29, 1.82) is 0 Å². The minimum atomic E-state index is -0.482. The molecule has 1 amide bonds. The van der Waals surface area contributed by atoms with Crippen molar-refractivity contribution in [2.24, 2.45) is 7.05 Å². The van der Waals surface area contributed by atoms with Crippen molar-refractivity contribution in [3.05, 3.63) is 82.6 Å². The second-order valence-corrected chi connectivity index (χ2v) is 12.6. The van der Waals surface area contributed by atoms with Crippen LogP contribution >= 0.6 is 23.5 Å². The molecule has 1 unspecified atom stereocenters. The summed E-state index contributed by atoms with van der Waals surface area (Å²) in [6.07, 6.45) is 8.14. The van der Waals surface area contributed by atoms with E-state index in [1.807, 2.05) is 48.5 Å². The highest BCUT2D eigenvalue weighted by Crippen LogP contribution is 2.43. The van der Waals surface area contributed by atoms with E-state index < -0.39 is 5.41 Å². The molecule has 2 aliphatic rings. The van der Waals surface area contributed by atoms with Crippen molar-refractivity contribution in [2.45, 2.75) is 62.4 Å². The van der Waals surface area contributed by atoms with E-state index in [0.717, 1.165) is 64.9 Å². The Morgan fingerprint density at radius 3 is 2.52 bits per heavy atom. The summed E-state index contributed by atoms with van der Waals surface area (Å²) < 4.78 is 11.5. The van der Waals surface area contributed by atoms with E-state index in [1.165, 1.54) is 11.9 Å². The number of hydrogen-bond donors (Lipinski definition) is 1. The first-order valence-electron chi connectivity index (χ1n) is 14.4. The second kappa shape index (κ2) is 12.0. The van der Waals surface area contributed by atoms with Crippen LogP contribution in [0.2, 0.25) is 5.02 Å². The first kappa shape index (κ1) is 28.6. The van der Waals surface area contributed by atoms with Gasteiger partial charge in [0.05, 0.1) is 28.7 Å². The number of carbonyl (C=O) groups is 1. The first-order chi connectivity index (χ1) is 20.3. The van der Waals surface area contributed by atoms with Crippen LogP contribution in [0.15, 0.2) is 65.8 Å². The van der Waals surface area contributed by atoms with Crippen LogP contribution in [-0.4, -0.2) is 49.7 Å². The lowest BCUT2D eigenvalue weighted by Gasteiger charge is -2.33. The number of ether oxygens (including phenoxy) is 1. The minimum Gasteiger partial charge on any atom is -0.472 e. The van der Waals surface area contributed by atoms with Gasteiger partial charge in [0.25, 0.3) is 0 Å². The van der Waals surface area contributed by atoms with E-state index in [-0.39, 0.29) is 12.0 Å². The molecule has 10 heteroatoms. The average Bonchev–Trinajstić information content (AvgIpc) is 3.74. The van der Waals surface area contributed by atoms with Crippen LogP contribution in [0.4, 0.5) is 5.95 Å². The molecule has 0 bridgehead atoms. The Balaban J connectivity index is 1.23. The number of aromatic nitrogens is 4. The van der Waals surface area contributed by atoms with Gasteiger partial charge in [-0.2, -0.15) is 10.1 Å². The highest BCUT2D eigenvalue weighted by atomic mass is 35.5. The molecule has 6 rings (SSSR count). The lowest BCUT2D eigenvalue weighted by Crippen LogP contribution is -2.45. The maximum atomic E-state index is 14.0. The molecule has 4 aromatic rings. The summed E-state index contributed by atoms with van der Waals surface area (Å²) in [5, 5.41) is 4.92. The molecule has 1 aliphatic carbocycles. The Morgan fingerprint density at radius 1 is 1.10 bits per heavy atom. The minimum absolute atomic E-state index is 0.155. The number of carbonyl (C=O) groups excluding carboxylic acids is 1. The van der Waals surface area contributed by atoms with Gasteiger partial charge >= 0.3 is 0 Å². The fraction of sp³-hybridized carbons (Fsp3) is 0.375. The topological polar surface area (TPSA) is 85.2 Å². The molecule has 8 nitrogen and oxygen atoms in total. The molecule has 1 aliphatic heterocycles. The molecular formula is C32H35ClN6O2S. The number of amides is 1. The molecule has 0 spiro atoms. The number of aryl methyl sites for hydroxylation is 3. The average molecular weight is 603 g/mol. The summed E-state index contributed by atoms with van der Waals surface area (Å²) >= 11 is 7.56. The lowest BCUT2D eigenvalue weighted by atomic mass is 9.77. The molecule has 1 saturated carbocycles. The van der Waals surface area contributed by atoms with Gasteiger partial charge in [0.1, 0.15) is 6.10 Å². The Kier molecular flexibility index (Phi) is 8.14. The van der Waals surface area contributed by atoms with Crippen LogP contribution < -0.4 is 9.46 Å². The first-order valence-corrected chi connectivity index (χ1v) is 15.6. The van der Waals surface area contributed by atoms with Gasteiger partial charge in [-0.25, -0.2) is 4.98 Å². The van der Waals surface area contributed by atoms with E-state index in [2.05, 4.69) is 41.9 Å². The Bertz CT molecular complexity index is 1560. The van der Waals surface area contributed by atoms with Gasteiger partial charge in [0.2, 0.25) is 17.7 Å². The third kappa shape index (κ3) is 5.85. The van der Waals surface area contributed by atoms with Crippen molar-refractivity contribution in [2.75, 3.05) is 17.8 Å². The third-order valence-corrected chi connectivity index (χ3v) is 9.35. The predicted octanol–water partition coefficient (Wildman–Crippen LogP) is 6.76. The fourth-order valence-electron chi connectivity index (χ4n) is 6.29. The van der Waals surface area contributed by atoms with Crippen molar-refractivity contribution < 1.29 is 9.53 Å². The van der Waals surface area contributed by atoms with Crippen LogP contribution in [0, 0.1) is 13.8 Å². The number of likely N-dealkylation sites (tertiary alicyclic amines) is 1. The summed E-state index contributed by atoms with van der Waals surface area (Å²) in [4.78, 5) is 26.5. The highest BCUT2D eigenvalue weighted by molar-refractivity contribution is 8.00. The van der Waals surface area contributed by atoms with Crippen molar-refractivity contribution >= 4 is 35.4 Å². The Labute approximate surface area is 256 Å². The lowest BCUT2D eigenvalue weighted by molar-refractivity contribution is -0.136. The van der Waals surface area contributed by atoms with E-state index >= 15 is 0 Å². The van der Waals surface area contributed by atoms with Crippen LogP contribution in [0.1, 0.15) is 48.8 Å². The maximum absolute atomic E-state index is 14.0. The third-order valence-electron chi connectivity index (χ3n) is 8.36. The SMILES string of the molecule is Cc1cccc(C)c1-c1cc(OC2CCN(C(=O)C3(c4ccc(Cl)cc4)CCCC3)C2)nc(NSc2cnn(C)c2)n1. The molecule has 2 aromatic carbocycles. The van der Waals surface area contributed by atoms with Gasteiger partial charge in [-0.15, -0.1) is 0 Å². The van der Waals surface area contributed by atoms with Crippen molar-refractivity contribution in [1.82, 2.24) is 24.6 Å². The van der Waals surface area contributed by atoms with E-state index in [0.29, 0.717) is 29.9 Å². The van der Waals surface area contributed by atoms with Gasteiger partial charge in [-0.05, 0) is 67.5 Å². The molecule has 2 fully saturated rings. The maximum Gasteiger partial charge on any atom is 0.237 e. The largest absolute Gasteiger partial charge is 0.472 e. The smallest absolute Gasteiger partial charge is 0.237 e. The Hall–Kier alpha value is -3.56. The van der Waals surface area contributed by atoms with Crippen molar-refractivity contribution in [3.63, 3.8) is 0 Å². The number of halogens is 1. The Morgan fingerprint density at radius 2 is 1.83 bits per heavy atom. The van der Waals surface area contributed by atoms with Crippen LogP contribution in [-0.2, 0) is 17.3 Å².